The van der Waals surface area contributed by atoms with E-state index in [0.717, 1.165) is 18.7 Å². The zero-order valence-corrected chi connectivity index (χ0v) is 13.3. The number of phenols is 1. The molecule has 0 aliphatic heterocycles. The molecule has 1 N–H and O–H groups in total. The van der Waals surface area contributed by atoms with Gasteiger partial charge in [-0.1, -0.05) is 6.07 Å². The predicted molar refractivity (Wildman–Crippen MR) is 80.1 cm³/mol. The molecule has 0 heterocycles. The molecule has 0 fully saturated rings. The first kappa shape index (κ1) is 16.0. The van der Waals surface area contributed by atoms with Gasteiger partial charge in [0.15, 0.2) is 0 Å². The van der Waals surface area contributed by atoms with Crippen molar-refractivity contribution in [3.8, 4) is 5.75 Å². The molecule has 0 saturated heterocycles. The van der Waals surface area contributed by atoms with Gasteiger partial charge in [0.1, 0.15) is 5.75 Å². The van der Waals surface area contributed by atoms with E-state index in [-0.39, 0.29) is 11.7 Å². The molecular formula is C14H21BrN2O2. The summed E-state index contributed by atoms with van der Waals surface area (Å²) in [5.74, 6) is 0.371. The minimum atomic E-state index is 0.144. The summed E-state index contributed by atoms with van der Waals surface area (Å²) in [6, 6.07) is 5.38. The maximum Gasteiger partial charge on any atom is 0.236 e. The number of amides is 1. The maximum absolute atomic E-state index is 12.0. The minimum Gasteiger partial charge on any atom is -0.507 e. The van der Waals surface area contributed by atoms with Gasteiger partial charge in [0.05, 0.1) is 11.0 Å². The molecule has 0 radical (unpaired) electrons. The number of halogens is 1. The first-order chi connectivity index (χ1) is 8.97. The monoisotopic (exact) mass is 328 g/mol. The molecule has 0 unspecified atom stereocenters. The van der Waals surface area contributed by atoms with Gasteiger partial charge in [-0.05, 0) is 54.5 Å². The molecule has 1 rings (SSSR count). The average Bonchev–Trinajstić information content (AvgIpc) is 2.35. The van der Waals surface area contributed by atoms with Gasteiger partial charge in [0.25, 0.3) is 0 Å². The second-order valence-electron chi connectivity index (χ2n) is 4.52. The lowest BCUT2D eigenvalue weighted by Gasteiger charge is -2.23. The summed E-state index contributed by atoms with van der Waals surface area (Å²) in [6.45, 7) is 6.53. The molecule has 0 aliphatic rings. The number of hydrogen-bond acceptors (Lipinski definition) is 3. The highest BCUT2D eigenvalue weighted by atomic mass is 79.9. The van der Waals surface area contributed by atoms with Gasteiger partial charge in [-0.25, -0.2) is 0 Å². The second-order valence-corrected chi connectivity index (χ2v) is 5.38. The van der Waals surface area contributed by atoms with Crippen LogP contribution in [0.25, 0.3) is 0 Å². The van der Waals surface area contributed by atoms with Crippen LogP contribution in [0.1, 0.15) is 19.4 Å². The van der Waals surface area contributed by atoms with Gasteiger partial charge in [0.2, 0.25) is 5.91 Å². The molecule has 0 aliphatic carbocycles. The predicted octanol–water partition coefficient (Wildman–Crippen LogP) is 2.45. The van der Waals surface area contributed by atoms with Crippen LogP contribution in [0.4, 0.5) is 0 Å². The smallest absolute Gasteiger partial charge is 0.236 e. The van der Waals surface area contributed by atoms with Crippen molar-refractivity contribution in [1.82, 2.24) is 9.80 Å². The van der Waals surface area contributed by atoms with Crippen molar-refractivity contribution in [3.05, 3.63) is 28.2 Å². The number of rotatable bonds is 6. The molecular weight excluding hydrogens is 308 g/mol. The van der Waals surface area contributed by atoms with Gasteiger partial charge >= 0.3 is 0 Å². The second kappa shape index (κ2) is 7.50. The largest absolute Gasteiger partial charge is 0.507 e. The number of carbonyl (C=O) groups excluding carboxylic acids is 1. The Hall–Kier alpha value is -1.07. The lowest BCUT2D eigenvalue weighted by atomic mass is 10.2. The summed E-state index contributed by atoms with van der Waals surface area (Å²) in [4.78, 5) is 15.8. The van der Waals surface area contributed by atoms with E-state index in [1.165, 1.54) is 0 Å². The van der Waals surface area contributed by atoms with Gasteiger partial charge in [-0.3, -0.25) is 9.69 Å². The van der Waals surface area contributed by atoms with Gasteiger partial charge in [-0.2, -0.15) is 0 Å². The first-order valence-corrected chi connectivity index (χ1v) is 7.20. The Morgan fingerprint density at radius 3 is 2.47 bits per heavy atom. The Labute approximate surface area is 123 Å². The fraction of sp³-hybridized carbons (Fsp3) is 0.500. The van der Waals surface area contributed by atoms with Gasteiger partial charge in [-0.15, -0.1) is 0 Å². The van der Waals surface area contributed by atoms with Crippen LogP contribution in [0.3, 0.4) is 0 Å². The van der Waals surface area contributed by atoms with E-state index in [2.05, 4.69) is 15.9 Å². The molecule has 106 valence electrons. The molecule has 1 aromatic carbocycles. The Bertz CT molecular complexity index is 433. The highest BCUT2D eigenvalue weighted by Crippen LogP contribution is 2.24. The van der Waals surface area contributed by atoms with Gasteiger partial charge < -0.3 is 10.0 Å². The quantitative estimate of drug-likeness (QED) is 0.872. The lowest BCUT2D eigenvalue weighted by molar-refractivity contribution is -0.131. The van der Waals surface area contributed by atoms with Crippen molar-refractivity contribution < 1.29 is 9.90 Å². The summed E-state index contributed by atoms with van der Waals surface area (Å²) in [7, 11) is 1.92. The summed E-state index contributed by atoms with van der Waals surface area (Å²) in [6.07, 6.45) is 0. The number of phenolic OH excluding ortho intramolecular Hbond substituents is 1. The normalized spacial score (nSPS) is 10.8. The zero-order valence-electron chi connectivity index (χ0n) is 11.7. The van der Waals surface area contributed by atoms with Crippen LogP contribution < -0.4 is 0 Å². The standard InChI is InChI=1S/C14H21BrN2O2/c1-4-17(5-2)14(19)10-16(3)9-11-6-7-13(18)12(15)8-11/h6-8,18H,4-5,9-10H2,1-3H3. The number of benzene rings is 1. The third-order valence-corrected chi connectivity index (χ3v) is 3.62. The molecule has 4 nitrogen and oxygen atoms in total. The van der Waals surface area contributed by atoms with Crippen molar-refractivity contribution in [2.75, 3.05) is 26.7 Å². The SMILES string of the molecule is CCN(CC)C(=O)CN(C)Cc1ccc(O)c(Br)c1. The number of aromatic hydroxyl groups is 1. The Kier molecular flexibility index (Phi) is 6.31. The van der Waals surface area contributed by atoms with E-state index in [0.29, 0.717) is 17.6 Å². The molecule has 0 spiro atoms. The van der Waals surface area contributed by atoms with Crippen LogP contribution in [0.5, 0.6) is 5.75 Å². The average molecular weight is 329 g/mol. The summed E-state index contributed by atoms with van der Waals surface area (Å²) in [5, 5.41) is 9.44. The summed E-state index contributed by atoms with van der Waals surface area (Å²) >= 11 is 3.29. The van der Waals surface area contributed by atoms with Crippen LogP contribution in [-0.4, -0.2) is 47.5 Å². The maximum atomic E-state index is 12.0. The van der Waals surface area contributed by atoms with E-state index in [4.69, 9.17) is 0 Å². The minimum absolute atomic E-state index is 0.144. The first-order valence-electron chi connectivity index (χ1n) is 6.41. The Morgan fingerprint density at radius 1 is 1.32 bits per heavy atom. The summed E-state index contributed by atoms with van der Waals surface area (Å²) in [5.41, 5.74) is 1.06. The van der Waals surface area contributed by atoms with Crippen LogP contribution >= 0.6 is 15.9 Å². The van der Waals surface area contributed by atoms with Crippen molar-refractivity contribution in [1.29, 1.82) is 0 Å². The van der Waals surface area contributed by atoms with E-state index < -0.39 is 0 Å². The highest BCUT2D eigenvalue weighted by molar-refractivity contribution is 9.10. The van der Waals surface area contributed by atoms with E-state index in [1.54, 1.807) is 6.07 Å². The van der Waals surface area contributed by atoms with Crippen molar-refractivity contribution in [2.24, 2.45) is 0 Å². The van der Waals surface area contributed by atoms with E-state index >= 15 is 0 Å². The third-order valence-electron chi connectivity index (χ3n) is 2.99. The molecule has 5 heteroatoms. The number of hydrogen-bond donors (Lipinski definition) is 1. The fourth-order valence-electron chi connectivity index (χ4n) is 1.92. The van der Waals surface area contributed by atoms with Gasteiger partial charge in [0, 0.05) is 19.6 Å². The molecule has 0 aromatic heterocycles. The molecule has 1 amide bonds. The highest BCUT2D eigenvalue weighted by Gasteiger charge is 2.12. The molecule has 19 heavy (non-hydrogen) atoms. The fourth-order valence-corrected chi connectivity index (χ4v) is 2.35. The zero-order chi connectivity index (χ0) is 14.4. The van der Waals surface area contributed by atoms with Crippen LogP contribution in [0, 0.1) is 0 Å². The van der Waals surface area contributed by atoms with Crippen LogP contribution in [-0.2, 0) is 11.3 Å². The third kappa shape index (κ3) is 4.84. The topological polar surface area (TPSA) is 43.8 Å². The van der Waals surface area contributed by atoms with Crippen LogP contribution in [0.2, 0.25) is 0 Å². The lowest BCUT2D eigenvalue weighted by Crippen LogP contribution is -2.38. The number of nitrogens with zero attached hydrogens (tertiary/aromatic N) is 2. The summed E-state index contributed by atoms with van der Waals surface area (Å²) < 4.78 is 0.675. The Morgan fingerprint density at radius 2 is 1.95 bits per heavy atom. The molecule has 0 atom stereocenters. The van der Waals surface area contributed by atoms with Crippen molar-refractivity contribution in [2.45, 2.75) is 20.4 Å². The number of carbonyl (C=O) groups is 1. The van der Waals surface area contributed by atoms with Crippen molar-refractivity contribution in [3.63, 3.8) is 0 Å². The van der Waals surface area contributed by atoms with E-state index in [1.807, 2.05) is 42.8 Å². The molecule has 0 bridgehead atoms. The molecule has 0 saturated carbocycles. The Balaban J connectivity index is 2.57. The van der Waals surface area contributed by atoms with Crippen LogP contribution in [0.15, 0.2) is 22.7 Å². The molecule has 1 aromatic rings. The number of likely N-dealkylation sites (N-methyl/N-ethyl adjacent to an activating group) is 2. The van der Waals surface area contributed by atoms with Crippen molar-refractivity contribution >= 4 is 21.8 Å². The van der Waals surface area contributed by atoms with E-state index in [9.17, 15) is 9.90 Å².